The Morgan fingerprint density at radius 1 is 1.07 bits per heavy atom. The number of hydrogen-bond donors (Lipinski definition) is 1. The molecule has 2 atom stereocenters. The molecule has 6 nitrogen and oxygen atoms in total. The van der Waals surface area contributed by atoms with Crippen molar-refractivity contribution in [2.24, 2.45) is 5.92 Å². The molecule has 0 spiro atoms. The largest absolute Gasteiger partial charge is 0.391 e. The van der Waals surface area contributed by atoms with Gasteiger partial charge in [-0.1, -0.05) is 30.5 Å². The zero-order chi connectivity index (χ0) is 19.6. The number of sulfonamides is 1. The van der Waals surface area contributed by atoms with Crippen molar-refractivity contribution in [3.63, 3.8) is 0 Å². The molecular formula is C20H30N2O4S. The highest BCUT2D eigenvalue weighted by Crippen LogP contribution is 2.28. The Labute approximate surface area is 162 Å². The first kappa shape index (κ1) is 20.3. The van der Waals surface area contributed by atoms with Crippen molar-refractivity contribution in [1.82, 2.24) is 9.21 Å². The van der Waals surface area contributed by atoms with Crippen molar-refractivity contribution >= 4 is 15.9 Å². The zero-order valence-corrected chi connectivity index (χ0v) is 17.0. The summed E-state index contributed by atoms with van der Waals surface area (Å²) in [4.78, 5) is 14.9. The number of nitrogens with zero attached hydrogens (tertiary/aromatic N) is 2. The highest BCUT2D eigenvalue weighted by atomic mass is 32.2. The van der Waals surface area contributed by atoms with Crippen molar-refractivity contribution in [3.05, 3.63) is 29.8 Å². The summed E-state index contributed by atoms with van der Waals surface area (Å²) in [6.07, 6.45) is 4.23. The lowest BCUT2D eigenvalue weighted by Gasteiger charge is -2.38. The fourth-order valence-corrected chi connectivity index (χ4v) is 5.67. The number of aryl methyl sites for hydroxylation is 1. The fourth-order valence-electron chi connectivity index (χ4n) is 4.20. The number of carbonyl (C=O) groups excluding carboxylic acids is 1. The first-order chi connectivity index (χ1) is 12.8. The molecule has 0 bridgehead atoms. The summed E-state index contributed by atoms with van der Waals surface area (Å²) in [7, 11) is -1.73. The SMILES string of the molecule is Cc1ccc(S(=O)(=O)N2CCC(C(=O)N(C)[C@@H]3CCCC[C@H]3O)CC2)cc1. The summed E-state index contributed by atoms with van der Waals surface area (Å²) in [5.74, 6) is -0.137. The second kappa shape index (κ2) is 8.29. The van der Waals surface area contributed by atoms with Gasteiger partial charge >= 0.3 is 0 Å². The van der Waals surface area contributed by atoms with Crippen LogP contribution in [0.15, 0.2) is 29.2 Å². The number of benzene rings is 1. The Balaban J connectivity index is 1.61. The second-order valence-electron chi connectivity index (χ2n) is 7.86. The summed E-state index contributed by atoms with van der Waals surface area (Å²) in [6.45, 7) is 2.63. The lowest BCUT2D eigenvalue weighted by atomic mass is 9.89. The topological polar surface area (TPSA) is 77.9 Å². The Morgan fingerprint density at radius 3 is 2.26 bits per heavy atom. The van der Waals surface area contributed by atoms with Gasteiger partial charge in [0.2, 0.25) is 15.9 Å². The molecule has 3 rings (SSSR count). The van der Waals surface area contributed by atoms with E-state index in [1.165, 1.54) is 4.31 Å². The quantitative estimate of drug-likeness (QED) is 0.849. The molecule has 2 aliphatic rings. The molecule has 1 N–H and O–H groups in total. The minimum absolute atomic E-state index is 0.0355. The Bertz CT molecular complexity index is 755. The monoisotopic (exact) mass is 394 g/mol. The van der Waals surface area contributed by atoms with Gasteiger partial charge in [0.1, 0.15) is 0 Å². The van der Waals surface area contributed by atoms with E-state index in [0.29, 0.717) is 30.8 Å². The number of hydrogen-bond acceptors (Lipinski definition) is 4. The van der Waals surface area contributed by atoms with Gasteiger partial charge in [-0.25, -0.2) is 8.42 Å². The Hall–Kier alpha value is -1.44. The minimum Gasteiger partial charge on any atom is -0.391 e. The van der Waals surface area contributed by atoms with Gasteiger partial charge in [0.25, 0.3) is 0 Å². The highest BCUT2D eigenvalue weighted by Gasteiger charge is 2.36. The predicted molar refractivity (Wildman–Crippen MR) is 104 cm³/mol. The minimum atomic E-state index is -3.51. The molecule has 1 aliphatic heterocycles. The first-order valence-corrected chi connectivity index (χ1v) is 11.3. The van der Waals surface area contributed by atoms with Crippen LogP contribution in [0.5, 0.6) is 0 Å². The molecule has 150 valence electrons. The summed E-state index contributed by atoms with van der Waals surface area (Å²) < 4.78 is 27.1. The van der Waals surface area contributed by atoms with Gasteiger partial charge in [-0.05, 0) is 44.7 Å². The van der Waals surface area contributed by atoms with Gasteiger partial charge in [0.05, 0.1) is 17.0 Å². The number of rotatable bonds is 4. The number of aliphatic hydroxyl groups excluding tert-OH is 1. The van der Waals surface area contributed by atoms with Gasteiger partial charge in [-0.3, -0.25) is 4.79 Å². The normalized spacial score (nSPS) is 25.3. The van der Waals surface area contributed by atoms with Crippen LogP contribution in [0, 0.1) is 12.8 Å². The summed E-state index contributed by atoms with van der Waals surface area (Å²) in [6, 6.07) is 6.77. The molecular weight excluding hydrogens is 364 g/mol. The smallest absolute Gasteiger partial charge is 0.243 e. The first-order valence-electron chi connectivity index (χ1n) is 9.82. The summed E-state index contributed by atoms with van der Waals surface area (Å²) in [5, 5.41) is 10.2. The number of carbonyl (C=O) groups is 1. The van der Waals surface area contributed by atoms with E-state index in [9.17, 15) is 18.3 Å². The van der Waals surface area contributed by atoms with Crippen LogP contribution in [0.2, 0.25) is 0 Å². The van der Waals surface area contributed by atoms with Crippen LogP contribution in [0.3, 0.4) is 0 Å². The molecule has 2 fully saturated rings. The third-order valence-electron chi connectivity index (χ3n) is 6.00. The van der Waals surface area contributed by atoms with Crippen molar-refractivity contribution in [2.45, 2.75) is 62.5 Å². The van der Waals surface area contributed by atoms with Crippen LogP contribution in [0.1, 0.15) is 44.1 Å². The molecule has 27 heavy (non-hydrogen) atoms. The molecule has 1 aromatic rings. The van der Waals surface area contributed by atoms with E-state index < -0.39 is 16.1 Å². The standard InChI is InChI=1S/C20H30N2O4S/c1-15-7-9-17(10-8-15)27(25,26)22-13-11-16(12-14-22)20(24)21(2)18-5-3-4-6-19(18)23/h7-10,16,18-19,23H,3-6,11-14H2,1-2H3/t18-,19-/m1/s1. The third kappa shape index (κ3) is 4.36. The molecule has 0 unspecified atom stereocenters. The predicted octanol–water partition coefficient (Wildman–Crippen LogP) is 2.16. The molecule has 1 aromatic carbocycles. The number of likely N-dealkylation sites (N-methyl/N-ethyl adjacent to an activating group) is 1. The van der Waals surface area contributed by atoms with Crippen molar-refractivity contribution < 1.29 is 18.3 Å². The van der Waals surface area contributed by atoms with E-state index in [-0.39, 0.29) is 17.9 Å². The third-order valence-corrected chi connectivity index (χ3v) is 7.91. The van der Waals surface area contributed by atoms with Crippen LogP contribution in [0.25, 0.3) is 0 Å². The maximum atomic E-state index is 12.9. The molecule has 1 saturated carbocycles. The molecule has 7 heteroatoms. The van der Waals surface area contributed by atoms with Gasteiger partial charge in [-0.2, -0.15) is 4.31 Å². The van der Waals surface area contributed by atoms with Crippen LogP contribution in [-0.4, -0.2) is 60.9 Å². The molecule has 1 saturated heterocycles. The van der Waals surface area contributed by atoms with Crippen LogP contribution >= 0.6 is 0 Å². The summed E-state index contributed by atoms with van der Waals surface area (Å²) >= 11 is 0. The number of amides is 1. The van der Waals surface area contributed by atoms with E-state index in [4.69, 9.17) is 0 Å². The van der Waals surface area contributed by atoms with Gasteiger partial charge in [-0.15, -0.1) is 0 Å². The van der Waals surface area contributed by atoms with Crippen LogP contribution in [-0.2, 0) is 14.8 Å². The van der Waals surface area contributed by atoms with Gasteiger partial charge < -0.3 is 10.0 Å². The van der Waals surface area contributed by atoms with Crippen LogP contribution < -0.4 is 0 Å². The Kier molecular flexibility index (Phi) is 6.23. The van der Waals surface area contributed by atoms with E-state index in [0.717, 1.165) is 31.2 Å². The van der Waals surface area contributed by atoms with E-state index >= 15 is 0 Å². The van der Waals surface area contributed by atoms with Crippen molar-refractivity contribution in [3.8, 4) is 0 Å². The fraction of sp³-hybridized carbons (Fsp3) is 0.650. The van der Waals surface area contributed by atoms with Crippen molar-refractivity contribution in [1.29, 1.82) is 0 Å². The maximum Gasteiger partial charge on any atom is 0.243 e. The average Bonchev–Trinajstić information content (AvgIpc) is 2.68. The van der Waals surface area contributed by atoms with Gasteiger partial charge in [0, 0.05) is 26.1 Å². The maximum absolute atomic E-state index is 12.9. The van der Waals surface area contributed by atoms with Crippen molar-refractivity contribution in [2.75, 3.05) is 20.1 Å². The Morgan fingerprint density at radius 2 is 1.67 bits per heavy atom. The molecule has 0 radical (unpaired) electrons. The molecule has 1 amide bonds. The second-order valence-corrected chi connectivity index (χ2v) is 9.80. The van der Waals surface area contributed by atoms with E-state index in [2.05, 4.69) is 0 Å². The van der Waals surface area contributed by atoms with E-state index in [1.807, 2.05) is 6.92 Å². The molecule has 0 aromatic heterocycles. The average molecular weight is 395 g/mol. The molecule has 1 heterocycles. The van der Waals surface area contributed by atoms with Gasteiger partial charge in [0.15, 0.2) is 0 Å². The lowest BCUT2D eigenvalue weighted by molar-refractivity contribution is -0.141. The molecule has 1 aliphatic carbocycles. The highest BCUT2D eigenvalue weighted by molar-refractivity contribution is 7.89. The summed E-state index contributed by atoms with van der Waals surface area (Å²) in [5.41, 5.74) is 1.02. The lowest BCUT2D eigenvalue weighted by Crippen LogP contribution is -2.50. The van der Waals surface area contributed by atoms with Crippen LogP contribution in [0.4, 0.5) is 0 Å². The number of aliphatic hydroxyl groups is 1. The van der Waals surface area contributed by atoms with E-state index in [1.54, 1.807) is 36.2 Å². The zero-order valence-electron chi connectivity index (χ0n) is 16.2. The number of piperidine rings is 1.